The van der Waals surface area contributed by atoms with Gasteiger partial charge >= 0.3 is 6.18 Å². The Morgan fingerprint density at radius 1 is 1.17 bits per heavy atom. The number of sulfonamides is 1. The van der Waals surface area contributed by atoms with Crippen LogP contribution in [0.1, 0.15) is 32.7 Å². The highest BCUT2D eigenvalue weighted by Crippen LogP contribution is 2.41. The molecule has 0 fully saturated rings. The molecule has 0 aromatic heterocycles. The maximum absolute atomic E-state index is 14.0. The van der Waals surface area contributed by atoms with Crippen molar-refractivity contribution in [3.05, 3.63) is 69.6 Å². The summed E-state index contributed by atoms with van der Waals surface area (Å²) in [5.41, 5.74) is -2.43. The first-order chi connectivity index (χ1) is 16.9. The van der Waals surface area contributed by atoms with Gasteiger partial charge in [0.15, 0.2) is 0 Å². The lowest BCUT2D eigenvalue weighted by Crippen LogP contribution is -2.40. The summed E-state index contributed by atoms with van der Waals surface area (Å²) in [5.74, 6) is -2.48. The molecule has 2 aromatic rings. The van der Waals surface area contributed by atoms with E-state index in [0.717, 1.165) is 23.9 Å². The van der Waals surface area contributed by atoms with Crippen molar-refractivity contribution in [3.63, 3.8) is 0 Å². The van der Waals surface area contributed by atoms with Crippen molar-refractivity contribution in [2.75, 3.05) is 10.2 Å². The first-order valence-electron chi connectivity index (χ1n) is 9.89. The number of nitrogens with zero attached hydrogens (tertiary/aromatic N) is 3. The third-order valence-electron chi connectivity index (χ3n) is 5.06. The molecule has 36 heavy (non-hydrogen) atoms. The topological polar surface area (TPSA) is 132 Å². The molecule has 2 N–H and O–H groups in total. The quantitative estimate of drug-likeness (QED) is 0.250. The SMILES string of the molecule is N#C/N=C(\Nc1ccc(N2C(=O)c3ccccc3C2=O)c(C(F)(F)F)c1)NS(=O)(=O)C1CC=C(Cl)S1. The number of guanidine groups is 1. The number of alkyl halides is 3. The maximum Gasteiger partial charge on any atom is 0.418 e. The van der Waals surface area contributed by atoms with Crippen LogP contribution in [0.4, 0.5) is 24.5 Å². The number of carbonyl (C=O) groups is 2. The number of allylic oxidation sites excluding steroid dienone is 1. The Kier molecular flexibility index (Phi) is 6.74. The van der Waals surface area contributed by atoms with Gasteiger partial charge in [-0.2, -0.15) is 18.4 Å². The van der Waals surface area contributed by atoms with Gasteiger partial charge in [0.1, 0.15) is 4.58 Å². The molecular formula is C21H13ClF3N5O4S2. The molecule has 0 aliphatic carbocycles. The molecule has 2 amide bonds. The molecule has 15 heteroatoms. The lowest BCUT2D eigenvalue weighted by atomic mass is 10.1. The fraction of sp³-hybridized carbons (Fsp3) is 0.143. The molecule has 9 nitrogen and oxygen atoms in total. The van der Waals surface area contributed by atoms with Gasteiger partial charge in [-0.25, -0.2) is 13.3 Å². The van der Waals surface area contributed by atoms with Crippen LogP contribution < -0.4 is 14.9 Å². The van der Waals surface area contributed by atoms with E-state index in [2.05, 4.69) is 10.3 Å². The summed E-state index contributed by atoms with van der Waals surface area (Å²) >= 11 is 6.64. The summed E-state index contributed by atoms with van der Waals surface area (Å²) in [7, 11) is -4.13. The molecule has 0 radical (unpaired) electrons. The number of aliphatic imine (C=N–C) groups is 1. The molecule has 1 atom stereocenters. The Morgan fingerprint density at radius 2 is 1.81 bits per heavy atom. The van der Waals surface area contributed by atoms with E-state index in [-0.39, 0.29) is 27.6 Å². The third kappa shape index (κ3) is 4.90. The minimum atomic E-state index is -5.00. The fourth-order valence-corrected chi connectivity index (χ4v) is 6.52. The summed E-state index contributed by atoms with van der Waals surface area (Å²) in [5, 5.41) is 11.3. The van der Waals surface area contributed by atoms with Crippen LogP contribution in [-0.2, 0) is 16.2 Å². The maximum atomic E-state index is 14.0. The van der Waals surface area contributed by atoms with E-state index in [4.69, 9.17) is 16.9 Å². The standard InChI is InChI=1S/C21H13ClF3N5O4S2/c22-16-7-8-17(35-16)36(33,34)29-20(27-10-26)28-11-5-6-15(14(9-11)21(23,24)25)30-18(31)12-3-1-2-4-13(12)19(30)32/h1-7,9,17H,8H2,(H2,27,28,29). The van der Waals surface area contributed by atoms with Gasteiger partial charge < -0.3 is 5.32 Å². The van der Waals surface area contributed by atoms with Gasteiger partial charge in [0.2, 0.25) is 22.2 Å². The van der Waals surface area contributed by atoms with E-state index in [1.807, 2.05) is 4.72 Å². The zero-order valence-electron chi connectivity index (χ0n) is 17.7. The van der Waals surface area contributed by atoms with E-state index in [0.29, 0.717) is 11.0 Å². The van der Waals surface area contributed by atoms with Gasteiger partial charge in [-0.1, -0.05) is 41.6 Å². The van der Waals surface area contributed by atoms with Gasteiger partial charge in [0.05, 0.1) is 26.7 Å². The van der Waals surface area contributed by atoms with Gasteiger partial charge in [-0.05, 0) is 36.8 Å². The lowest BCUT2D eigenvalue weighted by Gasteiger charge is -2.21. The van der Waals surface area contributed by atoms with Gasteiger partial charge in [0.25, 0.3) is 11.8 Å². The fourth-order valence-electron chi connectivity index (χ4n) is 3.51. The van der Waals surface area contributed by atoms with Crippen LogP contribution in [0.25, 0.3) is 0 Å². The third-order valence-corrected chi connectivity index (χ3v) is 8.74. The van der Waals surface area contributed by atoms with E-state index in [9.17, 15) is 31.2 Å². The van der Waals surface area contributed by atoms with Crippen LogP contribution in [0.2, 0.25) is 0 Å². The van der Waals surface area contributed by atoms with Crippen LogP contribution in [-0.4, -0.2) is 30.8 Å². The van der Waals surface area contributed by atoms with Crippen LogP contribution in [0, 0.1) is 11.5 Å². The van der Waals surface area contributed by atoms with Crippen molar-refractivity contribution in [2.24, 2.45) is 4.99 Å². The molecule has 0 spiro atoms. The number of anilines is 2. The van der Waals surface area contributed by atoms with Crippen LogP contribution in [0.15, 0.2) is 57.9 Å². The number of nitriles is 1. The average Bonchev–Trinajstić information content (AvgIpc) is 3.36. The van der Waals surface area contributed by atoms with Gasteiger partial charge in [0, 0.05) is 5.69 Å². The minimum absolute atomic E-state index is 0.0324. The van der Waals surface area contributed by atoms with Crippen molar-refractivity contribution in [1.29, 1.82) is 5.26 Å². The molecule has 2 aliphatic heterocycles. The first-order valence-corrected chi connectivity index (χ1v) is 12.7. The van der Waals surface area contributed by atoms with E-state index >= 15 is 0 Å². The summed E-state index contributed by atoms with van der Waals surface area (Å²) in [4.78, 5) is 29.2. The van der Waals surface area contributed by atoms with Crippen LogP contribution in [0.5, 0.6) is 0 Å². The number of benzene rings is 2. The minimum Gasteiger partial charge on any atom is -0.325 e. The van der Waals surface area contributed by atoms with Crippen molar-refractivity contribution in [2.45, 2.75) is 17.2 Å². The van der Waals surface area contributed by atoms with Gasteiger partial charge in [-0.3, -0.25) is 14.3 Å². The van der Waals surface area contributed by atoms with Crippen LogP contribution >= 0.6 is 23.4 Å². The monoisotopic (exact) mass is 555 g/mol. The molecule has 186 valence electrons. The van der Waals surface area contributed by atoms with Crippen molar-refractivity contribution >= 4 is 62.5 Å². The predicted octanol–water partition coefficient (Wildman–Crippen LogP) is 4.22. The molecule has 4 rings (SSSR count). The second-order valence-corrected chi connectivity index (χ2v) is 11.4. The average molecular weight is 556 g/mol. The second-order valence-electron chi connectivity index (χ2n) is 7.34. The second kappa shape index (κ2) is 9.49. The molecule has 0 bridgehead atoms. The Hall–Kier alpha value is -3.54. The van der Waals surface area contributed by atoms with Crippen molar-refractivity contribution in [1.82, 2.24) is 4.72 Å². The number of hydrogen-bond acceptors (Lipinski definition) is 7. The highest BCUT2D eigenvalue weighted by atomic mass is 35.5. The summed E-state index contributed by atoms with van der Waals surface area (Å²) in [6.07, 6.45) is -2.08. The summed E-state index contributed by atoms with van der Waals surface area (Å²) < 4.78 is 68.3. The summed E-state index contributed by atoms with van der Waals surface area (Å²) in [6.45, 7) is 0. The molecule has 0 saturated heterocycles. The molecule has 2 aliphatic rings. The Bertz CT molecular complexity index is 1450. The van der Waals surface area contributed by atoms with Crippen LogP contribution in [0.3, 0.4) is 0 Å². The number of fused-ring (bicyclic) bond motifs is 1. The number of halogens is 4. The number of amides is 2. The molecule has 0 saturated carbocycles. The Morgan fingerprint density at radius 3 is 2.33 bits per heavy atom. The lowest BCUT2D eigenvalue weighted by molar-refractivity contribution is -0.137. The van der Waals surface area contributed by atoms with Crippen molar-refractivity contribution in [3.8, 4) is 6.19 Å². The smallest absolute Gasteiger partial charge is 0.325 e. The highest BCUT2D eigenvalue weighted by molar-refractivity contribution is 8.16. The van der Waals surface area contributed by atoms with E-state index < -0.39 is 49.8 Å². The Balaban J connectivity index is 1.65. The number of imide groups is 1. The molecule has 2 heterocycles. The first kappa shape index (κ1) is 25.5. The predicted molar refractivity (Wildman–Crippen MR) is 128 cm³/mol. The highest BCUT2D eigenvalue weighted by Gasteiger charge is 2.42. The number of nitrogens with one attached hydrogen (secondary N) is 2. The normalized spacial score (nSPS) is 18.1. The van der Waals surface area contributed by atoms with Crippen molar-refractivity contribution < 1.29 is 31.2 Å². The number of rotatable bonds is 4. The zero-order chi connectivity index (χ0) is 26.3. The molecule has 1 unspecified atom stereocenters. The Labute approximate surface area is 211 Å². The van der Waals surface area contributed by atoms with Gasteiger partial charge in [-0.15, -0.1) is 4.99 Å². The van der Waals surface area contributed by atoms with E-state index in [1.54, 1.807) is 0 Å². The van der Waals surface area contributed by atoms with E-state index in [1.165, 1.54) is 36.5 Å². The number of hydrogen-bond donors (Lipinski definition) is 2. The molecule has 2 aromatic carbocycles. The summed E-state index contributed by atoms with van der Waals surface area (Å²) in [6, 6.07) is 8.18. The number of carbonyl (C=O) groups excluding carboxylic acids is 2. The zero-order valence-corrected chi connectivity index (χ0v) is 20.1. The molecular weight excluding hydrogens is 543 g/mol. The number of thioether (sulfide) groups is 1. The largest absolute Gasteiger partial charge is 0.418 e.